The molecule has 0 unspecified atom stereocenters. The minimum Gasteiger partial charge on any atom is -0.288 e. The first-order valence-corrected chi connectivity index (χ1v) is 6.33. The maximum Gasteiger partial charge on any atom is 0.443 e. The minimum absolute atomic E-state index is 0.0331. The molecule has 0 aliphatic heterocycles. The third kappa shape index (κ3) is 2.62. The van der Waals surface area contributed by atoms with Crippen LogP contribution in [-0.4, -0.2) is 10.8 Å². The summed E-state index contributed by atoms with van der Waals surface area (Å²) in [5.74, 6) is -0.476. The maximum absolute atomic E-state index is 12.4. The van der Waals surface area contributed by atoms with Gasteiger partial charge >= 0.3 is 6.18 Å². The van der Waals surface area contributed by atoms with Crippen LogP contribution in [0.25, 0.3) is 0 Å². The third-order valence-corrected chi connectivity index (χ3v) is 3.82. The Morgan fingerprint density at radius 3 is 2.50 bits per heavy atom. The van der Waals surface area contributed by atoms with E-state index in [0.717, 1.165) is 6.20 Å². The molecule has 2 rings (SSSR count). The van der Waals surface area contributed by atoms with Crippen molar-refractivity contribution < 1.29 is 18.0 Å². The number of carbonyl (C=O) groups excluding carboxylic acids is 1. The number of nitrogens with zero attached hydrogens (tertiary/aromatic N) is 1. The molecule has 1 aromatic heterocycles. The molecular weight excluding hydrogens is 331 g/mol. The molecule has 0 atom stereocenters. The number of benzene rings is 1. The molecule has 94 valence electrons. The molecule has 1 heterocycles. The van der Waals surface area contributed by atoms with Gasteiger partial charge in [-0.15, -0.1) is 11.3 Å². The lowest BCUT2D eigenvalue weighted by Crippen LogP contribution is -2.03. The second-order valence-electron chi connectivity index (χ2n) is 3.34. The predicted molar refractivity (Wildman–Crippen MR) is 64.7 cm³/mol. The van der Waals surface area contributed by atoms with E-state index in [9.17, 15) is 18.0 Å². The average molecular weight is 336 g/mol. The number of halogens is 4. The second kappa shape index (κ2) is 4.81. The van der Waals surface area contributed by atoms with Crippen molar-refractivity contribution in [3.05, 3.63) is 50.4 Å². The summed E-state index contributed by atoms with van der Waals surface area (Å²) < 4.78 is 37.7. The normalized spacial score (nSPS) is 11.6. The van der Waals surface area contributed by atoms with Crippen LogP contribution in [0.4, 0.5) is 13.2 Å². The SMILES string of the molecule is O=C(c1cnc(C(F)(F)F)s1)c1ccccc1Br. The Labute approximate surface area is 113 Å². The van der Waals surface area contributed by atoms with Gasteiger partial charge in [0.2, 0.25) is 5.78 Å². The van der Waals surface area contributed by atoms with Crippen molar-refractivity contribution in [2.45, 2.75) is 6.18 Å². The van der Waals surface area contributed by atoms with Gasteiger partial charge in [-0.2, -0.15) is 13.2 Å². The highest BCUT2D eigenvalue weighted by atomic mass is 79.9. The number of aromatic nitrogens is 1. The smallest absolute Gasteiger partial charge is 0.288 e. The molecule has 0 saturated heterocycles. The van der Waals surface area contributed by atoms with Crippen LogP contribution in [0.15, 0.2) is 34.9 Å². The van der Waals surface area contributed by atoms with Gasteiger partial charge in [0.25, 0.3) is 0 Å². The summed E-state index contributed by atoms with van der Waals surface area (Å²) in [5, 5.41) is -1.02. The molecule has 0 saturated carbocycles. The fourth-order valence-electron chi connectivity index (χ4n) is 1.29. The van der Waals surface area contributed by atoms with Crippen molar-refractivity contribution in [1.29, 1.82) is 0 Å². The Hall–Kier alpha value is -1.21. The molecule has 0 spiro atoms. The molecule has 0 N–H and O–H groups in total. The van der Waals surface area contributed by atoms with Crippen LogP contribution >= 0.6 is 27.3 Å². The van der Waals surface area contributed by atoms with Crippen molar-refractivity contribution in [3.63, 3.8) is 0 Å². The van der Waals surface area contributed by atoms with Crippen molar-refractivity contribution in [2.75, 3.05) is 0 Å². The van der Waals surface area contributed by atoms with Crippen LogP contribution in [0, 0.1) is 0 Å². The zero-order chi connectivity index (χ0) is 13.3. The average Bonchev–Trinajstić information content (AvgIpc) is 2.77. The molecule has 0 aliphatic carbocycles. The standard InChI is InChI=1S/C11H5BrF3NOS/c12-7-4-2-1-3-6(7)9(17)8-5-16-10(18-8)11(13,14)15/h1-5H. The monoisotopic (exact) mass is 335 g/mol. The van der Waals surface area contributed by atoms with Crippen LogP contribution < -0.4 is 0 Å². The van der Waals surface area contributed by atoms with Crippen molar-refractivity contribution in [3.8, 4) is 0 Å². The zero-order valence-corrected chi connectivity index (χ0v) is 11.1. The Morgan fingerprint density at radius 2 is 1.94 bits per heavy atom. The number of thiazole rings is 1. The van der Waals surface area contributed by atoms with Crippen LogP contribution in [0.5, 0.6) is 0 Å². The number of alkyl halides is 3. The van der Waals surface area contributed by atoms with Gasteiger partial charge < -0.3 is 0 Å². The molecule has 0 amide bonds. The number of hydrogen-bond donors (Lipinski definition) is 0. The van der Waals surface area contributed by atoms with Gasteiger partial charge in [0.05, 0.1) is 4.88 Å². The molecular formula is C11H5BrF3NOS. The van der Waals surface area contributed by atoms with E-state index in [1.807, 2.05) is 0 Å². The summed E-state index contributed by atoms with van der Waals surface area (Å²) in [7, 11) is 0. The third-order valence-electron chi connectivity index (χ3n) is 2.09. The van der Waals surface area contributed by atoms with Gasteiger partial charge in [0.1, 0.15) is 0 Å². The predicted octanol–water partition coefficient (Wildman–Crippen LogP) is 4.16. The zero-order valence-electron chi connectivity index (χ0n) is 8.66. The number of hydrogen-bond acceptors (Lipinski definition) is 3. The Bertz CT molecular complexity index is 594. The highest BCUT2D eigenvalue weighted by Gasteiger charge is 2.35. The molecule has 2 aromatic rings. The van der Waals surface area contributed by atoms with E-state index >= 15 is 0 Å². The topological polar surface area (TPSA) is 30.0 Å². The summed E-state index contributed by atoms with van der Waals surface area (Å²) in [4.78, 5) is 15.2. The highest BCUT2D eigenvalue weighted by molar-refractivity contribution is 9.10. The molecule has 7 heteroatoms. The van der Waals surface area contributed by atoms with E-state index in [1.54, 1.807) is 24.3 Å². The summed E-state index contributed by atoms with van der Waals surface area (Å²) in [6, 6.07) is 6.55. The quantitative estimate of drug-likeness (QED) is 0.771. The molecule has 0 radical (unpaired) electrons. The van der Waals surface area contributed by atoms with Crippen LogP contribution in [0.1, 0.15) is 20.2 Å². The van der Waals surface area contributed by atoms with Crippen molar-refractivity contribution in [1.82, 2.24) is 4.98 Å². The van der Waals surface area contributed by atoms with E-state index < -0.39 is 17.0 Å². The van der Waals surface area contributed by atoms with E-state index in [2.05, 4.69) is 20.9 Å². The first-order valence-electron chi connectivity index (χ1n) is 4.72. The Balaban J connectivity index is 2.36. The van der Waals surface area contributed by atoms with Gasteiger partial charge in [0.15, 0.2) is 5.01 Å². The second-order valence-corrected chi connectivity index (χ2v) is 5.22. The van der Waals surface area contributed by atoms with Crippen LogP contribution in [0.3, 0.4) is 0 Å². The summed E-state index contributed by atoms with van der Waals surface area (Å²) >= 11 is 3.53. The van der Waals surface area contributed by atoms with Gasteiger partial charge in [-0.3, -0.25) is 4.79 Å². The molecule has 1 aromatic carbocycles. The van der Waals surface area contributed by atoms with Gasteiger partial charge in [0, 0.05) is 16.2 Å². The molecule has 2 nitrogen and oxygen atoms in total. The largest absolute Gasteiger partial charge is 0.443 e. The number of carbonyl (C=O) groups is 1. The van der Waals surface area contributed by atoms with Gasteiger partial charge in [-0.1, -0.05) is 28.1 Å². The fourth-order valence-corrected chi connectivity index (χ4v) is 2.49. The van der Waals surface area contributed by atoms with Gasteiger partial charge in [-0.25, -0.2) is 4.98 Å². The molecule has 0 fully saturated rings. The summed E-state index contributed by atoms with van der Waals surface area (Å²) in [6.07, 6.45) is -3.56. The highest BCUT2D eigenvalue weighted by Crippen LogP contribution is 2.33. The number of ketones is 1. The lowest BCUT2D eigenvalue weighted by Gasteiger charge is -2.01. The summed E-state index contributed by atoms with van der Waals surface area (Å²) in [5.41, 5.74) is 0.315. The van der Waals surface area contributed by atoms with E-state index in [-0.39, 0.29) is 4.88 Å². The first-order chi connectivity index (χ1) is 8.39. The van der Waals surface area contributed by atoms with Crippen molar-refractivity contribution >= 4 is 33.0 Å². The van der Waals surface area contributed by atoms with Crippen LogP contribution in [0.2, 0.25) is 0 Å². The first kappa shape index (κ1) is 13.2. The molecule has 0 bridgehead atoms. The Morgan fingerprint density at radius 1 is 1.28 bits per heavy atom. The van der Waals surface area contributed by atoms with E-state index in [1.165, 1.54) is 0 Å². The minimum atomic E-state index is -4.52. The fraction of sp³-hybridized carbons (Fsp3) is 0.0909. The lowest BCUT2D eigenvalue weighted by atomic mass is 10.1. The van der Waals surface area contributed by atoms with Gasteiger partial charge in [-0.05, 0) is 12.1 Å². The maximum atomic E-state index is 12.4. The number of rotatable bonds is 2. The molecule has 18 heavy (non-hydrogen) atoms. The summed E-state index contributed by atoms with van der Waals surface area (Å²) in [6.45, 7) is 0. The van der Waals surface area contributed by atoms with E-state index in [0.29, 0.717) is 21.4 Å². The molecule has 0 aliphatic rings. The van der Waals surface area contributed by atoms with E-state index in [4.69, 9.17) is 0 Å². The van der Waals surface area contributed by atoms with Crippen LogP contribution in [-0.2, 0) is 6.18 Å². The van der Waals surface area contributed by atoms with Crippen molar-refractivity contribution in [2.24, 2.45) is 0 Å². The lowest BCUT2D eigenvalue weighted by molar-refractivity contribution is -0.137. The Kier molecular flexibility index (Phi) is 3.54.